The van der Waals surface area contributed by atoms with Crippen LogP contribution >= 0.6 is 0 Å². The van der Waals surface area contributed by atoms with Gasteiger partial charge in [0.25, 0.3) is 5.91 Å². The molecule has 1 atom stereocenters. The van der Waals surface area contributed by atoms with Crippen molar-refractivity contribution in [1.82, 2.24) is 0 Å². The number of amides is 1. The van der Waals surface area contributed by atoms with Crippen LogP contribution in [0, 0.1) is 0 Å². The summed E-state index contributed by atoms with van der Waals surface area (Å²) in [4.78, 5) is 26.3. The Morgan fingerprint density at radius 2 is 1.75 bits per heavy atom. The van der Waals surface area contributed by atoms with Crippen LogP contribution in [0.2, 0.25) is 0 Å². The molecule has 3 aromatic carbocycles. The van der Waals surface area contributed by atoms with Crippen LogP contribution in [0.5, 0.6) is 11.5 Å². The van der Waals surface area contributed by atoms with Gasteiger partial charge in [-0.05, 0) is 61.0 Å². The third kappa shape index (κ3) is 5.19. The number of rotatable bonds is 7. The average Bonchev–Trinajstić information content (AvgIpc) is 2.88. The van der Waals surface area contributed by atoms with Crippen molar-refractivity contribution in [2.24, 2.45) is 0 Å². The smallest absolute Gasteiger partial charge is 0.416 e. The maximum absolute atomic E-state index is 13.4. The van der Waals surface area contributed by atoms with Gasteiger partial charge < -0.3 is 19.2 Å². The topological polar surface area (TPSA) is 77.8 Å². The second-order valence-electron chi connectivity index (χ2n) is 7.90. The Labute approximate surface area is 204 Å². The molecular formula is C27H22F3NO5. The lowest BCUT2D eigenvalue weighted by molar-refractivity contribution is -0.137. The molecule has 0 aliphatic heterocycles. The van der Waals surface area contributed by atoms with E-state index in [4.69, 9.17) is 13.9 Å². The Morgan fingerprint density at radius 1 is 1.03 bits per heavy atom. The van der Waals surface area contributed by atoms with E-state index in [-0.39, 0.29) is 29.0 Å². The minimum Gasteiger partial charge on any atom is -0.497 e. The second kappa shape index (κ2) is 10.2. The second-order valence-corrected chi connectivity index (χ2v) is 7.90. The standard InChI is InChI=1S/C27H22F3NO5/c1-3-21(26(33)31-18-8-6-7-17(15-18)27(28,29)30)35-25-23(32)20-9-4-5-10-22(20)36-24(25)16-11-13-19(34-2)14-12-16/h4-15,21H,3H2,1-2H3,(H,31,33). The molecule has 0 radical (unpaired) electrons. The van der Waals surface area contributed by atoms with Crippen LogP contribution < -0.4 is 20.2 Å². The molecule has 1 unspecified atom stereocenters. The molecule has 4 aromatic rings. The van der Waals surface area contributed by atoms with Crippen LogP contribution in [0.3, 0.4) is 0 Å². The van der Waals surface area contributed by atoms with Gasteiger partial charge in [0, 0.05) is 11.3 Å². The van der Waals surface area contributed by atoms with E-state index in [0.29, 0.717) is 16.9 Å². The third-order valence-corrected chi connectivity index (χ3v) is 5.49. The van der Waals surface area contributed by atoms with Crippen molar-refractivity contribution >= 4 is 22.6 Å². The number of para-hydroxylation sites is 1. The highest BCUT2D eigenvalue weighted by molar-refractivity contribution is 5.94. The molecule has 36 heavy (non-hydrogen) atoms. The van der Waals surface area contributed by atoms with Gasteiger partial charge in [-0.1, -0.05) is 25.1 Å². The highest BCUT2D eigenvalue weighted by Crippen LogP contribution is 2.33. The number of nitrogens with one attached hydrogen (secondary N) is 1. The van der Waals surface area contributed by atoms with E-state index in [1.165, 1.54) is 19.2 Å². The van der Waals surface area contributed by atoms with Crippen molar-refractivity contribution < 1.29 is 31.9 Å². The molecule has 0 saturated heterocycles. The van der Waals surface area contributed by atoms with Crippen LogP contribution in [0.1, 0.15) is 18.9 Å². The number of hydrogen-bond donors (Lipinski definition) is 1. The summed E-state index contributed by atoms with van der Waals surface area (Å²) < 4.78 is 56.3. The first-order valence-electron chi connectivity index (χ1n) is 11.1. The number of ether oxygens (including phenoxy) is 2. The molecule has 0 bridgehead atoms. The fourth-order valence-corrected chi connectivity index (χ4v) is 3.62. The highest BCUT2D eigenvalue weighted by atomic mass is 19.4. The van der Waals surface area contributed by atoms with E-state index in [9.17, 15) is 22.8 Å². The number of alkyl halides is 3. The van der Waals surface area contributed by atoms with E-state index in [0.717, 1.165) is 12.1 Å². The van der Waals surface area contributed by atoms with Gasteiger partial charge in [-0.25, -0.2) is 0 Å². The maximum atomic E-state index is 13.4. The summed E-state index contributed by atoms with van der Waals surface area (Å²) in [6.07, 6.45) is -5.60. The molecule has 186 valence electrons. The number of fused-ring (bicyclic) bond motifs is 1. The Morgan fingerprint density at radius 3 is 2.42 bits per heavy atom. The van der Waals surface area contributed by atoms with Crippen molar-refractivity contribution in [2.45, 2.75) is 25.6 Å². The number of anilines is 1. The zero-order valence-electron chi connectivity index (χ0n) is 19.4. The highest BCUT2D eigenvalue weighted by Gasteiger charge is 2.31. The Balaban J connectivity index is 1.71. The lowest BCUT2D eigenvalue weighted by Gasteiger charge is -2.19. The average molecular weight is 497 g/mol. The molecule has 0 spiro atoms. The third-order valence-electron chi connectivity index (χ3n) is 5.49. The predicted octanol–water partition coefficient (Wildman–Crippen LogP) is 6.28. The van der Waals surface area contributed by atoms with Crippen LogP contribution in [-0.2, 0) is 11.0 Å². The molecule has 9 heteroatoms. The minimum atomic E-state index is -4.56. The zero-order chi connectivity index (χ0) is 25.9. The first-order chi connectivity index (χ1) is 17.2. The number of carbonyl (C=O) groups is 1. The molecule has 1 heterocycles. The fraction of sp³-hybridized carbons (Fsp3) is 0.185. The molecule has 1 amide bonds. The van der Waals surface area contributed by atoms with E-state index >= 15 is 0 Å². The molecular weight excluding hydrogens is 475 g/mol. The normalized spacial score (nSPS) is 12.2. The summed E-state index contributed by atoms with van der Waals surface area (Å²) in [6, 6.07) is 17.6. The lowest BCUT2D eigenvalue weighted by Crippen LogP contribution is -2.34. The van der Waals surface area contributed by atoms with Crippen molar-refractivity contribution in [3.63, 3.8) is 0 Å². The van der Waals surface area contributed by atoms with Gasteiger partial charge >= 0.3 is 6.18 Å². The van der Waals surface area contributed by atoms with Gasteiger partial charge in [-0.15, -0.1) is 0 Å². The van der Waals surface area contributed by atoms with Gasteiger partial charge in [-0.3, -0.25) is 9.59 Å². The number of halogens is 3. The Kier molecular flexibility index (Phi) is 7.00. The van der Waals surface area contributed by atoms with Gasteiger partial charge in [0.1, 0.15) is 11.3 Å². The fourth-order valence-electron chi connectivity index (χ4n) is 3.62. The van der Waals surface area contributed by atoms with Crippen molar-refractivity contribution in [2.75, 3.05) is 12.4 Å². The maximum Gasteiger partial charge on any atom is 0.416 e. The molecule has 6 nitrogen and oxygen atoms in total. The van der Waals surface area contributed by atoms with E-state index in [2.05, 4.69) is 5.32 Å². The molecule has 0 fully saturated rings. The predicted molar refractivity (Wildman–Crippen MR) is 129 cm³/mol. The van der Waals surface area contributed by atoms with Gasteiger partial charge in [0.05, 0.1) is 18.1 Å². The summed E-state index contributed by atoms with van der Waals surface area (Å²) >= 11 is 0. The van der Waals surface area contributed by atoms with Crippen LogP contribution in [-0.4, -0.2) is 19.1 Å². The summed E-state index contributed by atoms with van der Waals surface area (Å²) in [5.74, 6) is -0.169. The van der Waals surface area contributed by atoms with E-state index in [1.54, 1.807) is 55.5 Å². The number of carbonyl (C=O) groups excluding carboxylic acids is 1. The van der Waals surface area contributed by atoms with Crippen molar-refractivity contribution in [3.05, 3.63) is 88.6 Å². The molecule has 0 aliphatic rings. The monoisotopic (exact) mass is 497 g/mol. The van der Waals surface area contributed by atoms with Gasteiger partial charge in [0.15, 0.2) is 11.9 Å². The summed E-state index contributed by atoms with van der Waals surface area (Å²) in [5, 5.41) is 2.71. The van der Waals surface area contributed by atoms with Gasteiger partial charge in [-0.2, -0.15) is 13.2 Å². The number of hydrogen-bond acceptors (Lipinski definition) is 5. The van der Waals surface area contributed by atoms with E-state index < -0.39 is 29.2 Å². The summed E-state index contributed by atoms with van der Waals surface area (Å²) in [5.41, 5.74) is -0.569. The Hall–Kier alpha value is -4.27. The molecule has 0 saturated carbocycles. The Bertz CT molecular complexity index is 1440. The lowest BCUT2D eigenvalue weighted by atomic mass is 10.1. The van der Waals surface area contributed by atoms with Crippen LogP contribution in [0.15, 0.2) is 82.0 Å². The SMILES string of the molecule is CCC(Oc1c(-c2ccc(OC)cc2)oc2ccccc2c1=O)C(=O)Nc1cccc(C(F)(F)F)c1. The molecule has 1 N–H and O–H groups in total. The largest absolute Gasteiger partial charge is 0.497 e. The van der Waals surface area contributed by atoms with Crippen molar-refractivity contribution in [3.8, 4) is 22.8 Å². The van der Waals surface area contributed by atoms with Crippen LogP contribution in [0.25, 0.3) is 22.3 Å². The van der Waals surface area contributed by atoms with Gasteiger partial charge in [0.2, 0.25) is 11.2 Å². The summed E-state index contributed by atoms with van der Waals surface area (Å²) in [7, 11) is 1.52. The summed E-state index contributed by atoms with van der Waals surface area (Å²) in [6.45, 7) is 1.66. The molecule has 1 aromatic heterocycles. The first-order valence-corrected chi connectivity index (χ1v) is 11.1. The quantitative estimate of drug-likeness (QED) is 0.325. The minimum absolute atomic E-state index is 0.0437. The number of methoxy groups -OCH3 is 1. The molecule has 0 aliphatic carbocycles. The number of benzene rings is 3. The van der Waals surface area contributed by atoms with E-state index in [1.807, 2.05) is 0 Å². The zero-order valence-corrected chi connectivity index (χ0v) is 19.4. The van der Waals surface area contributed by atoms with Crippen molar-refractivity contribution in [1.29, 1.82) is 0 Å². The molecule has 4 rings (SSSR count). The first kappa shape index (κ1) is 24.8. The van der Waals surface area contributed by atoms with Crippen LogP contribution in [0.4, 0.5) is 18.9 Å².